The van der Waals surface area contributed by atoms with Crippen LogP contribution in [-0.4, -0.2) is 4.98 Å². The van der Waals surface area contributed by atoms with Gasteiger partial charge in [-0.1, -0.05) is 200 Å². The number of imidazole rings is 1. The molecule has 0 aliphatic heterocycles. The van der Waals surface area contributed by atoms with Gasteiger partial charge < -0.3 is 0 Å². The molecular weight excluding hydrogens is 496 g/mol. The van der Waals surface area contributed by atoms with Crippen LogP contribution in [0.15, 0.2) is 12.4 Å². The van der Waals surface area contributed by atoms with E-state index in [2.05, 4.69) is 35.8 Å². The highest BCUT2D eigenvalue weighted by Gasteiger charge is 2.09. The number of hydrogen-bond acceptors (Lipinski definition) is 0. The van der Waals surface area contributed by atoms with Gasteiger partial charge in [0.2, 0.25) is 0 Å². The van der Waals surface area contributed by atoms with Crippen molar-refractivity contribution < 1.29 is 4.57 Å². The standard InChI is InChI=1S/C39H76N2/c1-3-5-7-9-11-13-15-17-19-21-23-25-27-29-31-33-35-39-40-36-38-41(39)37-34-32-30-28-26-24-22-20-18-16-14-12-10-8-6-4-2/h36,38H,3-35,37H2,1-2H3/p+1. The van der Waals surface area contributed by atoms with Gasteiger partial charge in [0.25, 0.3) is 5.82 Å². The zero-order chi connectivity index (χ0) is 29.3. The molecule has 41 heavy (non-hydrogen) atoms. The van der Waals surface area contributed by atoms with Crippen molar-refractivity contribution in [3.8, 4) is 0 Å². The average Bonchev–Trinajstić information content (AvgIpc) is 3.43. The van der Waals surface area contributed by atoms with Crippen molar-refractivity contribution in [1.82, 2.24) is 4.98 Å². The van der Waals surface area contributed by atoms with E-state index in [9.17, 15) is 0 Å². The van der Waals surface area contributed by atoms with E-state index in [-0.39, 0.29) is 0 Å². The summed E-state index contributed by atoms with van der Waals surface area (Å²) in [6, 6.07) is 0. The van der Waals surface area contributed by atoms with E-state index in [0.717, 1.165) is 0 Å². The molecule has 2 heteroatoms. The van der Waals surface area contributed by atoms with Crippen LogP contribution < -0.4 is 4.57 Å². The molecule has 1 N–H and O–H groups in total. The monoisotopic (exact) mass is 574 g/mol. The van der Waals surface area contributed by atoms with E-state index in [1.54, 1.807) is 0 Å². The third-order valence-electron chi connectivity index (χ3n) is 9.37. The van der Waals surface area contributed by atoms with Gasteiger partial charge in [0, 0.05) is 6.42 Å². The molecule has 0 atom stereocenters. The summed E-state index contributed by atoms with van der Waals surface area (Å²) in [6.45, 7) is 5.82. The molecule has 1 rings (SSSR count). The third-order valence-corrected chi connectivity index (χ3v) is 9.37. The number of rotatable bonds is 34. The van der Waals surface area contributed by atoms with Crippen LogP contribution in [-0.2, 0) is 13.0 Å². The fourth-order valence-corrected chi connectivity index (χ4v) is 6.49. The minimum atomic E-state index is 1.20. The van der Waals surface area contributed by atoms with Crippen LogP contribution in [0.4, 0.5) is 0 Å². The molecule has 0 aliphatic rings. The molecule has 1 aromatic rings. The number of hydrogen-bond donors (Lipinski definition) is 1. The second kappa shape index (κ2) is 32.1. The Morgan fingerprint density at radius 2 is 0.683 bits per heavy atom. The fourth-order valence-electron chi connectivity index (χ4n) is 6.49. The molecule has 0 saturated heterocycles. The lowest BCUT2D eigenvalue weighted by Crippen LogP contribution is -2.36. The summed E-state index contributed by atoms with van der Waals surface area (Å²) in [7, 11) is 0. The normalized spacial score (nSPS) is 11.6. The van der Waals surface area contributed by atoms with Crippen molar-refractivity contribution in [2.24, 2.45) is 0 Å². The topological polar surface area (TPSA) is 19.7 Å². The Labute approximate surface area is 259 Å². The summed E-state index contributed by atoms with van der Waals surface area (Å²) in [6.07, 6.45) is 51.9. The number of aromatic nitrogens is 2. The Hall–Kier alpha value is -0.790. The molecule has 0 aliphatic carbocycles. The maximum Gasteiger partial charge on any atom is 0.254 e. The fraction of sp³-hybridized carbons (Fsp3) is 0.923. The quantitative estimate of drug-likeness (QED) is 0.0625. The van der Waals surface area contributed by atoms with Crippen LogP contribution >= 0.6 is 0 Å². The second-order valence-corrected chi connectivity index (χ2v) is 13.5. The van der Waals surface area contributed by atoms with Crippen LogP contribution in [0.5, 0.6) is 0 Å². The number of H-pyrrole nitrogens is 1. The van der Waals surface area contributed by atoms with Gasteiger partial charge in [-0.3, -0.25) is 0 Å². The highest BCUT2D eigenvalue weighted by atomic mass is 15.1. The Balaban J connectivity index is 1.82. The van der Waals surface area contributed by atoms with E-state index in [1.165, 1.54) is 224 Å². The molecule has 0 radical (unpaired) electrons. The largest absolute Gasteiger partial charge is 0.254 e. The van der Waals surface area contributed by atoms with E-state index < -0.39 is 0 Å². The molecule has 1 aromatic heterocycles. The van der Waals surface area contributed by atoms with Gasteiger partial charge in [-0.15, -0.1) is 0 Å². The molecule has 0 fully saturated rings. The Morgan fingerprint density at radius 1 is 0.390 bits per heavy atom. The highest BCUT2D eigenvalue weighted by molar-refractivity contribution is 4.77. The molecule has 2 nitrogen and oxygen atoms in total. The maximum atomic E-state index is 3.53. The predicted octanol–water partition coefficient (Wildman–Crippen LogP) is 13.4. The zero-order valence-corrected chi connectivity index (χ0v) is 28.6. The minimum absolute atomic E-state index is 1.20. The van der Waals surface area contributed by atoms with E-state index in [1.807, 2.05) is 0 Å². The van der Waals surface area contributed by atoms with Gasteiger partial charge in [0.15, 0.2) is 0 Å². The number of unbranched alkanes of at least 4 members (excludes halogenated alkanes) is 30. The Morgan fingerprint density at radius 3 is 1.02 bits per heavy atom. The zero-order valence-electron chi connectivity index (χ0n) is 28.6. The molecule has 242 valence electrons. The molecule has 0 unspecified atom stereocenters. The minimum Gasteiger partial charge on any atom is -0.248 e. The van der Waals surface area contributed by atoms with E-state index >= 15 is 0 Å². The molecule has 0 spiro atoms. The van der Waals surface area contributed by atoms with Crippen molar-refractivity contribution in [2.45, 2.75) is 232 Å². The number of aromatic amines is 1. The first-order chi connectivity index (χ1) is 20.4. The van der Waals surface area contributed by atoms with Crippen LogP contribution in [0.3, 0.4) is 0 Å². The molecule has 0 aromatic carbocycles. The lowest BCUT2D eigenvalue weighted by molar-refractivity contribution is -0.703. The predicted molar refractivity (Wildman–Crippen MR) is 184 cm³/mol. The second-order valence-electron chi connectivity index (χ2n) is 13.5. The SMILES string of the molecule is CCCCCCCCCCCCCCCCCCc1[nH]cc[n+]1CCCCCCCCCCCCCCCCCC. The van der Waals surface area contributed by atoms with Crippen LogP contribution in [0, 0.1) is 0 Å². The number of nitrogens with one attached hydrogen (secondary N) is 1. The highest BCUT2D eigenvalue weighted by Crippen LogP contribution is 2.15. The van der Waals surface area contributed by atoms with Gasteiger partial charge >= 0.3 is 0 Å². The van der Waals surface area contributed by atoms with Gasteiger partial charge in [0.05, 0.1) is 6.54 Å². The summed E-state index contributed by atoms with van der Waals surface area (Å²) in [5.74, 6) is 1.45. The van der Waals surface area contributed by atoms with E-state index in [0.29, 0.717) is 0 Å². The van der Waals surface area contributed by atoms with Crippen molar-refractivity contribution in [3.63, 3.8) is 0 Å². The summed E-state index contributed by atoms with van der Waals surface area (Å²) in [5.41, 5.74) is 0. The summed E-state index contributed by atoms with van der Waals surface area (Å²) in [5, 5.41) is 0. The van der Waals surface area contributed by atoms with Crippen LogP contribution in [0.1, 0.15) is 225 Å². The lowest BCUT2D eigenvalue weighted by Gasteiger charge is -2.04. The molecule has 1 heterocycles. The number of nitrogens with zero attached hydrogens (tertiary/aromatic N) is 1. The summed E-state index contributed by atoms with van der Waals surface area (Å²) in [4.78, 5) is 3.53. The van der Waals surface area contributed by atoms with Crippen LogP contribution in [0.25, 0.3) is 0 Å². The molecule has 0 bridgehead atoms. The smallest absolute Gasteiger partial charge is 0.248 e. The van der Waals surface area contributed by atoms with Gasteiger partial charge in [-0.2, -0.15) is 0 Å². The van der Waals surface area contributed by atoms with Crippen molar-refractivity contribution in [3.05, 3.63) is 18.2 Å². The Bertz CT molecular complexity index is 556. The molecule has 0 amide bonds. The summed E-state index contributed by atoms with van der Waals surface area (Å²) >= 11 is 0. The van der Waals surface area contributed by atoms with Crippen LogP contribution in [0.2, 0.25) is 0 Å². The lowest BCUT2D eigenvalue weighted by atomic mass is 10.0. The van der Waals surface area contributed by atoms with Crippen molar-refractivity contribution in [1.29, 1.82) is 0 Å². The first-order valence-corrected chi connectivity index (χ1v) is 19.4. The first kappa shape index (κ1) is 38.2. The molecule has 0 saturated carbocycles. The van der Waals surface area contributed by atoms with Gasteiger partial charge in [0.1, 0.15) is 12.4 Å². The maximum absolute atomic E-state index is 3.53. The average molecular weight is 574 g/mol. The van der Waals surface area contributed by atoms with Gasteiger partial charge in [-0.25, -0.2) is 9.55 Å². The first-order valence-electron chi connectivity index (χ1n) is 19.4. The van der Waals surface area contributed by atoms with Crippen molar-refractivity contribution >= 4 is 0 Å². The number of aryl methyl sites for hydroxylation is 2. The third kappa shape index (κ3) is 26.6. The van der Waals surface area contributed by atoms with Gasteiger partial charge in [-0.05, 0) is 19.3 Å². The van der Waals surface area contributed by atoms with Crippen molar-refractivity contribution in [2.75, 3.05) is 0 Å². The molecular formula is C39H77N2+. The summed E-state index contributed by atoms with van der Waals surface area (Å²) < 4.78 is 2.50. The van der Waals surface area contributed by atoms with E-state index in [4.69, 9.17) is 0 Å². The Kier molecular flexibility index (Phi) is 30.0.